The summed E-state index contributed by atoms with van der Waals surface area (Å²) in [5.41, 5.74) is 1.60. The van der Waals surface area contributed by atoms with Gasteiger partial charge in [0.1, 0.15) is 0 Å². The molecule has 1 aromatic carbocycles. The van der Waals surface area contributed by atoms with Crippen molar-refractivity contribution in [3.05, 3.63) is 28.8 Å². The van der Waals surface area contributed by atoms with Crippen LogP contribution in [0.15, 0.2) is 18.2 Å². The molecule has 2 amide bonds. The third-order valence-electron chi connectivity index (χ3n) is 3.67. The number of carbonyl (C=O) groups excluding carboxylic acids is 2. The molecule has 6 heteroatoms. The molecule has 0 spiro atoms. The number of rotatable bonds is 3. The van der Waals surface area contributed by atoms with Crippen LogP contribution >= 0.6 is 11.6 Å². The zero-order valence-corrected chi connectivity index (χ0v) is 12.9. The molecular weight excluding hydrogens is 292 g/mol. The number of urea groups is 1. The first-order chi connectivity index (χ1) is 9.99. The Balaban J connectivity index is 1.88. The molecule has 1 fully saturated rings. The molecule has 0 unspecified atom stereocenters. The standard InChI is InChI=1S/C15H19ClN2O3/c1-9-3-6-12(16)13(7-9)18-15(20)17-11-5-4-10(8-11)14(19)21-2/h3,6-7,10-11H,4-5,8H2,1-2H3,(H2,17,18,20)/t10-,11+/m0/s1. The highest BCUT2D eigenvalue weighted by Crippen LogP contribution is 2.27. The Bertz CT molecular complexity index is 548. The Morgan fingerprint density at radius 3 is 2.81 bits per heavy atom. The van der Waals surface area contributed by atoms with E-state index in [4.69, 9.17) is 16.3 Å². The largest absolute Gasteiger partial charge is 0.469 e. The maximum Gasteiger partial charge on any atom is 0.319 e. The second-order valence-corrected chi connectivity index (χ2v) is 5.72. The molecule has 0 aliphatic heterocycles. The summed E-state index contributed by atoms with van der Waals surface area (Å²) < 4.78 is 4.73. The van der Waals surface area contributed by atoms with Gasteiger partial charge in [-0.3, -0.25) is 4.79 Å². The molecule has 0 heterocycles. The predicted molar refractivity (Wildman–Crippen MR) is 81.5 cm³/mol. The summed E-state index contributed by atoms with van der Waals surface area (Å²) in [5, 5.41) is 6.10. The molecule has 0 saturated heterocycles. The lowest BCUT2D eigenvalue weighted by molar-refractivity contribution is -0.145. The van der Waals surface area contributed by atoms with Crippen LogP contribution in [0.2, 0.25) is 5.02 Å². The average molecular weight is 311 g/mol. The van der Waals surface area contributed by atoms with Gasteiger partial charge in [0.05, 0.1) is 23.7 Å². The zero-order valence-electron chi connectivity index (χ0n) is 12.1. The van der Waals surface area contributed by atoms with Gasteiger partial charge in [-0.05, 0) is 43.9 Å². The third-order valence-corrected chi connectivity index (χ3v) is 4.00. The number of methoxy groups -OCH3 is 1. The number of ether oxygens (including phenoxy) is 1. The lowest BCUT2D eigenvalue weighted by Crippen LogP contribution is -2.36. The van der Waals surface area contributed by atoms with E-state index in [-0.39, 0.29) is 24.0 Å². The molecule has 5 nitrogen and oxygen atoms in total. The molecule has 1 aromatic rings. The van der Waals surface area contributed by atoms with Crippen LogP contribution in [0.3, 0.4) is 0 Å². The van der Waals surface area contributed by atoms with E-state index in [2.05, 4.69) is 10.6 Å². The quantitative estimate of drug-likeness (QED) is 0.843. The summed E-state index contributed by atoms with van der Waals surface area (Å²) in [4.78, 5) is 23.4. The number of hydrogen-bond acceptors (Lipinski definition) is 3. The smallest absolute Gasteiger partial charge is 0.319 e. The molecule has 0 radical (unpaired) electrons. The molecule has 1 aliphatic carbocycles. The summed E-state index contributed by atoms with van der Waals surface area (Å²) in [6.07, 6.45) is 2.12. The summed E-state index contributed by atoms with van der Waals surface area (Å²) in [6, 6.07) is 5.11. The van der Waals surface area contributed by atoms with Crippen LogP contribution in [0, 0.1) is 12.8 Å². The normalized spacial score (nSPS) is 20.9. The van der Waals surface area contributed by atoms with Crippen molar-refractivity contribution in [3.8, 4) is 0 Å². The Labute approximate surface area is 129 Å². The van der Waals surface area contributed by atoms with E-state index in [0.717, 1.165) is 18.4 Å². The van der Waals surface area contributed by atoms with E-state index in [0.29, 0.717) is 17.1 Å². The molecular formula is C15H19ClN2O3. The zero-order chi connectivity index (χ0) is 15.4. The molecule has 0 aromatic heterocycles. The number of hydrogen-bond donors (Lipinski definition) is 2. The fourth-order valence-electron chi connectivity index (χ4n) is 2.57. The fraction of sp³-hybridized carbons (Fsp3) is 0.467. The molecule has 2 atom stereocenters. The van der Waals surface area contributed by atoms with Crippen molar-refractivity contribution < 1.29 is 14.3 Å². The van der Waals surface area contributed by atoms with Crippen LogP contribution in [-0.4, -0.2) is 25.2 Å². The number of halogens is 1. The van der Waals surface area contributed by atoms with Crippen molar-refractivity contribution in [1.29, 1.82) is 0 Å². The first-order valence-electron chi connectivity index (χ1n) is 6.91. The number of anilines is 1. The van der Waals surface area contributed by atoms with Crippen LogP contribution in [0.5, 0.6) is 0 Å². The minimum Gasteiger partial charge on any atom is -0.469 e. The van der Waals surface area contributed by atoms with E-state index in [1.165, 1.54) is 7.11 Å². The molecule has 2 rings (SSSR count). The minimum absolute atomic E-state index is 0.0160. The van der Waals surface area contributed by atoms with Crippen LogP contribution in [0.25, 0.3) is 0 Å². The van der Waals surface area contributed by atoms with Gasteiger partial charge in [0, 0.05) is 6.04 Å². The second kappa shape index (κ2) is 6.80. The summed E-state index contributed by atoms with van der Waals surface area (Å²) in [6.45, 7) is 1.93. The van der Waals surface area contributed by atoms with Gasteiger partial charge >= 0.3 is 12.0 Å². The maximum absolute atomic E-state index is 12.0. The third kappa shape index (κ3) is 4.11. The van der Waals surface area contributed by atoms with Crippen LogP contribution < -0.4 is 10.6 Å². The number of amides is 2. The number of nitrogens with one attached hydrogen (secondary N) is 2. The Hall–Kier alpha value is -1.75. The van der Waals surface area contributed by atoms with Gasteiger partial charge in [-0.2, -0.15) is 0 Å². The number of aryl methyl sites for hydroxylation is 1. The molecule has 1 aliphatic rings. The van der Waals surface area contributed by atoms with Crippen molar-refractivity contribution >= 4 is 29.3 Å². The Morgan fingerprint density at radius 2 is 2.10 bits per heavy atom. The van der Waals surface area contributed by atoms with E-state index in [1.807, 2.05) is 19.1 Å². The van der Waals surface area contributed by atoms with Crippen LogP contribution in [0.4, 0.5) is 10.5 Å². The highest BCUT2D eigenvalue weighted by Gasteiger charge is 2.31. The lowest BCUT2D eigenvalue weighted by Gasteiger charge is -2.14. The maximum atomic E-state index is 12.0. The monoisotopic (exact) mass is 310 g/mol. The first-order valence-corrected chi connectivity index (χ1v) is 7.29. The van der Waals surface area contributed by atoms with Gasteiger partial charge in [-0.1, -0.05) is 17.7 Å². The van der Waals surface area contributed by atoms with Gasteiger partial charge in [0.2, 0.25) is 0 Å². The second-order valence-electron chi connectivity index (χ2n) is 5.31. The van der Waals surface area contributed by atoms with Crippen LogP contribution in [0.1, 0.15) is 24.8 Å². The van der Waals surface area contributed by atoms with Crippen molar-refractivity contribution in [2.24, 2.45) is 5.92 Å². The van der Waals surface area contributed by atoms with Gasteiger partial charge in [-0.25, -0.2) is 4.79 Å². The first kappa shape index (κ1) is 15.6. The van der Waals surface area contributed by atoms with Gasteiger partial charge < -0.3 is 15.4 Å². The van der Waals surface area contributed by atoms with Crippen LogP contribution in [-0.2, 0) is 9.53 Å². The number of benzene rings is 1. The number of carbonyl (C=O) groups is 2. The number of esters is 1. The van der Waals surface area contributed by atoms with E-state index in [9.17, 15) is 9.59 Å². The lowest BCUT2D eigenvalue weighted by atomic mass is 10.1. The van der Waals surface area contributed by atoms with Crippen molar-refractivity contribution in [2.45, 2.75) is 32.2 Å². The van der Waals surface area contributed by atoms with E-state index >= 15 is 0 Å². The van der Waals surface area contributed by atoms with Gasteiger partial charge in [0.15, 0.2) is 0 Å². The highest BCUT2D eigenvalue weighted by atomic mass is 35.5. The summed E-state index contributed by atoms with van der Waals surface area (Å²) in [5.74, 6) is -0.329. The summed E-state index contributed by atoms with van der Waals surface area (Å²) >= 11 is 6.04. The van der Waals surface area contributed by atoms with Crippen molar-refractivity contribution in [1.82, 2.24) is 5.32 Å². The molecule has 114 valence electrons. The molecule has 1 saturated carbocycles. The Kier molecular flexibility index (Phi) is 5.07. The van der Waals surface area contributed by atoms with E-state index in [1.54, 1.807) is 6.07 Å². The molecule has 21 heavy (non-hydrogen) atoms. The highest BCUT2D eigenvalue weighted by molar-refractivity contribution is 6.33. The molecule has 2 N–H and O–H groups in total. The predicted octanol–water partition coefficient (Wildman–Crippen LogP) is 3.11. The van der Waals surface area contributed by atoms with E-state index < -0.39 is 0 Å². The topological polar surface area (TPSA) is 67.4 Å². The van der Waals surface area contributed by atoms with Gasteiger partial charge in [-0.15, -0.1) is 0 Å². The SMILES string of the molecule is COC(=O)[C@H]1CC[C@@H](NC(=O)Nc2cc(C)ccc2Cl)C1. The average Bonchev–Trinajstić information content (AvgIpc) is 2.90. The summed E-state index contributed by atoms with van der Waals surface area (Å²) in [7, 11) is 1.38. The Morgan fingerprint density at radius 1 is 1.33 bits per heavy atom. The van der Waals surface area contributed by atoms with Crippen molar-refractivity contribution in [2.75, 3.05) is 12.4 Å². The fourth-order valence-corrected chi connectivity index (χ4v) is 2.74. The van der Waals surface area contributed by atoms with Gasteiger partial charge in [0.25, 0.3) is 0 Å². The molecule has 0 bridgehead atoms. The van der Waals surface area contributed by atoms with Crippen molar-refractivity contribution in [3.63, 3.8) is 0 Å². The minimum atomic E-state index is -0.307.